The first kappa shape index (κ1) is 8.22. The number of aliphatic hydroxyl groups is 1. The smallest absolute Gasteiger partial charge is 0.314 e. The lowest BCUT2D eigenvalue weighted by atomic mass is 10.5. The molecule has 0 aromatic carbocycles. The molecule has 0 aliphatic heterocycles. The van der Waals surface area contributed by atoms with Gasteiger partial charge in [-0.25, -0.2) is 13.4 Å². The zero-order chi connectivity index (χ0) is 8.48. The Morgan fingerprint density at radius 3 is 2.64 bits per heavy atom. The molecule has 0 aliphatic rings. The summed E-state index contributed by atoms with van der Waals surface area (Å²) in [7, 11) is -3.38. The van der Waals surface area contributed by atoms with Crippen LogP contribution in [0.15, 0.2) is 15.9 Å². The molecule has 5 nitrogen and oxygen atoms in total. The molecule has 0 spiro atoms. The fourth-order valence-electron chi connectivity index (χ4n) is 0.531. The van der Waals surface area contributed by atoms with Gasteiger partial charge < -0.3 is 9.52 Å². The number of aromatic nitrogens is 1. The molecule has 0 bridgehead atoms. The molecule has 1 aromatic rings. The maximum Gasteiger partial charge on any atom is 0.314 e. The second kappa shape index (κ2) is 2.63. The fourth-order valence-corrected chi connectivity index (χ4v) is 1.04. The van der Waals surface area contributed by atoms with Crippen LogP contribution in [0.2, 0.25) is 0 Å². The van der Waals surface area contributed by atoms with E-state index < -0.39 is 9.84 Å². The average Bonchev–Trinajstić information content (AvgIpc) is 2.32. The molecule has 1 rings (SSSR count). The predicted molar refractivity (Wildman–Crippen MR) is 35.5 cm³/mol. The van der Waals surface area contributed by atoms with Crippen molar-refractivity contribution in [2.24, 2.45) is 0 Å². The van der Waals surface area contributed by atoms with Gasteiger partial charge in [-0.1, -0.05) is 0 Å². The van der Waals surface area contributed by atoms with E-state index in [-0.39, 0.29) is 17.5 Å². The number of rotatable bonds is 2. The van der Waals surface area contributed by atoms with Gasteiger partial charge in [0.05, 0.1) is 6.61 Å². The molecular weight excluding hydrogens is 170 g/mol. The molecule has 0 saturated carbocycles. The molecule has 0 radical (unpaired) electrons. The van der Waals surface area contributed by atoms with Crippen LogP contribution in [0.25, 0.3) is 0 Å². The first-order valence-electron chi connectivity index (χ1n) is 2.79. The van der Waals surface area contributed by atoms with Crippen molar-refractivity contribution in [3.8, 4) is 0 Å². The largest absolute Gasteiger partial charge is 0.436 e. The van der Waals surface area contributed by atoms with Gasteiger partial charge in [0.2, 0.25) is 9.84 Å². The zero-order valence-electron chi connectivity index (χ0n) is 5.81. The van der Waals surface area contributed by atoms with Crippen molar-refractivity contribution >= 4 is 9.84 Å². The Labute approximate surface area is 63.6 Å². The van der Waals surface area contributed by atoms with E-state index in [1.165, 1.54) is 0 Å². The number of hydrogen-bond donors (Lipinski definition) is 1. The van der Waals surface area contributed by atoms with Crippen LogP contribution in [-0.2, 0) is 16.4 Å². The molecule has 0 amide bonds. The Bertz CT molecular complexity index is 339. The molecule has 1 N–H and O–H groups in total. The highest BCUT2D eigenvalue weighted by molar-refractivity contribution is 7.90. The summed E-state index contributed by atoms with van der Waals surface area (Å²) in [6.07, 6.45) is 2.09. The van der Waals surface area contributed by atoms with E-state index in [2.05, 4.69) is 9.40 Å². The molecule has 0 atom stereocenters. The van der Waals surface area contributed by atoms with Crippen molar-refractivity contribution in [2.45, 2.75) is 11.8 Å². The first-order valence-corrected chi connectivity index (χ1v) is 4.68. The van der Waals surface area contributed by atoms with Gasteiger partial charge in [-0.2, -0.15) is 0 Å². The summed E-state index contributed by atoms with van der Waals surface area (Å²) in [5, 5.41) is 8.14. The average molecular weight is 177 g/mol. The highest BCUT2D eigenvalue weighted by Gasteiger charge is 2.13. The summed E-state index contributed by atoms with van der Waals surface area (Å²) in [6.45, 7) is -0.320. The molecule has 6 heteroatoms. The summed E-state index contributed by atoms with van der Waals surface area (Å²) in [6, 6.07) is 0. The van der Waals surface area contributed by atoms with Gasteiger partial charge in [-0.05, 0) is 0 Å². The minimum Gasteiger partial charge on any atom is -0.436 e. The molecule has 11 heavy (non-hydrogen) atoms. The third-order valence-electron chi connectivity index (χ3n) is 1.01. The quantitative estimate of drug-likeness (QED) is 0.663. The van der Waals surface area contributed by atoms with E-state index in [4.69, 9.17) is 5.11 Å². The van der Waals surface area contributed by atoms with Gasteiger partial charge in [0.25, 0.3) is 0 Å². The lowest BCUT2D eigenvalue weighted by Gasteiger charge is -1.85. The topological polar surface area (TPSA) is 80.4 Å². The van der Waals surface area contributed by atoms with E-state index in [1.807, 2.05) is 0 Å². The predicted octanol–water partition coefficient (Wildman–Crippen LogP) is -0.430. The van der Waals surface area contributed by atoms with Gasteiger partial charge >= 0.3 is 5.22 Å². The summed E-state index contributed by atoms with van der Waals surface area (Å²) < 4.78 is 26.0. The highest BCUT2D eigenvalue weighted by atomic mass is 32.2. The fraction of sp³-hybridized carbons (Fsp3) is 0.400. The summed E-state index contributed by atoms with van der Waals surface area (Å²) in [5.41, 5.74) is 0.213. The van der Waals surface area contributed by atoms with Crippen molar-refractivity contribution in [1.29, 1.82) is 0 Å². The second-order valence-electron chi connectivity index (χ2n) is 2.04. The van der Waals surface area contributed by atoms with Crippen LogP contribution in [0.3, 0.4) is 0 Å². The minimum atomic E-state index is -3.38. The molecule has 0 aliphatic carbocycles. The summed E-state index contributed by atoms with van der Waals surface area (Å²) in [5.74, 6) is 0. The molecule has 0 fully saturated rings. The van der Waals surface area contributed by atoms with Crippen molar-refractivity contribution < 1.29 is 17.9 Å². The maximum atomic E-state index is 10.7. The molecule has 62 valence electrons. The highest BCUT2D eigenvalue weighted by Crippen LogP contribution is 2.07. The molecule has 0 unspecified atom stereocenters. The van der Waals surface area contributed by atoms with Gasteiger partial charge in [0, 0.05) is 6.26 Å². The number of hydrogen-bond acceptors (Lipinski definition) is 5. The van der Waals surface area contributed by atoms with Crippen LogP contribution >= 0.6 is 0 Å². The van der Waals surface area contributed by atoms with Gasteiger partial charge in [0.15, 0.2) is 0 Å². The molecule has 1 aromatic heterocycles. The maximum absolute atomic E-state index is 10.7. The summed E-state index contributed by atoms with van der Waals surface area (Å²) >= 11 is 0. The Morgan fingerprint density at radius 2 is 2.36 bits per heavy atom. The van der Waals surface area contributed by atoms with Crippen molar-refractivity contribution in [3.05, 3.63) is 12.0 Å². The van der Waals surface area contributed by atoms with E-state index in [1.54, 1.807) is 0 Å². The first-order chi connectivity index (χ1) is 5.04. The van der Waals surface area contributed by atoms with E-state index in [0.29, 0.717) is 0 Å². The van der Waals surface area contributed by atoms with E-state index in [0.717, 1.165) is 12.5 Å². The van der Waals surface area contributed by atoms with Gasteiger partial charge in [0.1, 0.15) is 12.0 Å². The van der Waals surface area contributed by atoms with E-state index >= 15 is 0 Å². The monoisotopic (exact) mass is 177 g/mol. The lowest BCUT2D eigenvalue weighted by Crippen LogP contribution is -1.97. The van der Waals surface area contributed by atoms with Crippen LogP contribution in [0, 0.1) is 0 Å². The minimum absolute atomic E-state index is 0.213. The van der Waals surface area contributed by atoms with Gasteiger partial charge in [-0.3, -0.25) is 0 Å². The molecule has 1 heterocycles. The third-order valence-corrected chi connectivity index (χ3v) is 1.83. The van der Waals surface area contributed by atoms with Crippen LogP contribution < -0.4 is 0 Å². The lowest BCUT2D eigenvalue weighted by molar-refractivity contribution is 0.276. The van der Waals surface area contributed by atoms with Crippen molar-refractivity contribution in [1.82, 2.24) is 4.98 Å². The third kappa shape index (κ3) is 1.78. The summed E-state index contributed by atoms with van der Waals surface area (Å²) in [4.78, 5) is 3.50. The Morgan fingerprint density at radius 1 is 1.73 bits per heavy atom. The Hall–Kier alpha value is -0.880. The molecular formula is C5H7NO4S. The Kier molecular flexibility index (Phi) is 1.97. The SMILES string of the molecule is CS(=O)(=O)c1nc(CO)co1. The number of sulfone groups is 1. The normalized spacial score (nSPS) is 11.8. The second-order valence-corrected chi connectivity index (χ2v) is 3.93. The number of oxazole rings is 1. The number of aliphatic hydroxyl groups excluding tert-OH is 1. The van der Waals surface area contributed by atoms with Crippen LogP contribution in [0.5, 0.6) is 0 Å². The molecule has 0 saturated heterocycles. The van der Waals surface area contributed by atoms with Crippen molar-refractivity contribution in [2.75, 3.05) is 6.26 Å². The number of nitrogens with zero attached hydrogens (tertiary/aromatic N) is 1. The van der Waals surface area contributed by atoms with Gasteiger partial charge in [-0.15, -0.1) is 0 Å². The Balaban J connectivity index is 3.09. The van der Waals surface area contributed by atoms with Crippen molar-refractivity contribution in [3.63, 3.8) is 0 Å². The van der Waals surface area contributed by atoms with E-state index in [9.17, 15) is 8.42 Å². The standard InChI is InChI=1S/C5H7NO4S/c1-11(8,9)5-6-4(2-7)3-10-5/h3,7H,2H2,1H3. The van der Waals surface area contributed by atoms with Crippen LogP contribution in [0.1, 0.15) is 5.69 Å². The zero-order valence-corrected chi connectivity index (χ0v) is 6.63. The van der Waals surface area contributed by atoms with Crippen LogP contribution in [-0.4, -0.2) is 24.8 Å². The van der Waals surface area contributed by atoms with Crippen LogP contribution in [0.4, 0.5) is 0 Å².